The number of halogens is 1. The summed E-state index contributed by atoms with van der Waals surface area (Å²) in [6, 6.07) is 8.03. The Kier molecular flexibility index (Phi) is 8.05. The molecule has 0 fully saturated rings. The average Bonchev–Trinajstić information content (AvgIpc) is 2.38. The molecule has 0 aliphatic carbocycles. The molecular formula is C13H19BrO3. The highest BCUT2D eigenvalue weighted by Crippen LogP contribution is 2.15. The van der Waals surface area contributed by atoms with Gasteiger partial charge < -0.3 is 14.2 Å². The molecule has 4 heteroatoms. The van der Waals surface area contributed by atoms with E-state index in [2.05, 4.69) is 22.0 Å². The summed E-state index contributed by atoms with van der Waals surface area (Å²) in [7, 11) is 1.69. The molecular weight excluding hydrogens is 284 g/mol. The van der Waals surface area contributed by atoms with Crippen LogP contribution in [-0.4, -0.2) is 33.5 Å². The minimum absolute atomic E-state index is 0.582. The second kappa shape index (κ2) is 9.45. The van der Waals surface area contributed by atoms with E-state index >= 15 is 0 Å². The highest BCUT2D eigenvalue weighted by molar-refractivity contribution is 9.08. The van der Waals surface area contributed by atoms with Crippen LogP contribution in [0.15, 0.2) is 24.3 Å². The third-order valence-corrected chi connectivity index (χ3v) is 2.83. The molecule has 0 saturated heterocycles. The monoisotopic (exact) mass is 302 g/mol. The van der Waals surface area contributed by atoms with Crippen molar-refractivity contribution in [3.8, 4) is 5.75 Å². The van der Waals surface area contributed by atoms with Crippen LogP contribution >= 0.6 is 15.9 Å². The van der Waals surface area contributed by atoms with Gasteiger partial charge in [0.2, 0.25) is 0 Å². The molecule has 0 spiro atoms. The van der Waals surface area contributed by atoms with E-state index in [1.807, 2.05) is 18.2 Å². The number of hydrogen-bond acceptors (Lipinski definition) is 3. The van der Waals surface area contributed by atoms with Gasteiger partial charge in [0.1, 0.15) is 12.4 Å². The maximum Gasteiger partial charge on any atom is 0.119 e. The van der Waals surface area contributed by atoms with Crippen LogP contribution in [0.3, 0.4) is 0 Å². The van der Waals surface area contributed by atoms with Crippen LogP contribution in [-0.2, 0) is 14.8 Å². The Morgan fingerprint density at radius 2 is 2.00 bits per heavy atom. The quantitative estimate of drug-likeness (QED) is 0.518. The summed E-state index contributed by atoms with van der Waals surface area (Å²) < 4.78 is 15.9. The second-order valence-electron chi connectivity index (χ2n) is 3.59. The minimum atomic E-state index is 0.582. The van der Waals surface area contributed by atoms with E-state index in [4.69, 9.17) is 14.2 Å². The Bertz CT molecular complexity index is 304. The molecule has 96 valence electrons. The summed E-state index contributed by atoms with van der Waals surface area (Å²) in [4.78, 5) is 0. The molecule has 0 aromatic heterocycles. The summed E-state index contributed by atoms with van der Waals surface area (Å²) in [5.74, 6) is 0.891. The predicted octanol–water partition coefficient (Wildman–Crippen LogP) is 3.01. The molecule has 0 bridgehead atoms. The first-order chi connectivity index (χ1) is 8.36. The van der Waals surface area contributed by atoms with E-state index in [0.717, 1.165) is 30.7 Å². The van der Waals surface area contributed by atoms with E-state index in [1.54, 1.807) is 7.11 Å². The summed E-state index contributed by atoms with van der Waals surface area (Å²) in [6.07, 6.45) is 0.926. The van der Waals surface area contributed by atoms with Crippen molar-refractivity contribution in [2.75, 3.05) is 33.5 Å². The summed E-state index contributed by atoms with van der Waals surface area (Å²) in [5.41, 5.74) is 1.21. The number of rotatable bonds is 9. The molecule has 1 aromatic rings. The summed E-state index contributed by atoms with van der Waals surface area (Å²) in [6.45, 7) is 2.66. The van der Waals surface area contributed by atoms with E-state index in [9.17, 15) is 0 Å². The first-order valence-electron chi connectivity index (χ1n) is 5.71. The maximum atomic E-state index is 5.58. The Hall–Kier alpha value is -0.580. The molecule has 17 heavy (non-hydrogen) atoms. The molecule has 0 aliphatic rings. The molecule has 1 rings (SSSR count). The van der Waals surface area contributed by atoms with Gasteiger partial charge in [-0.05, 0) is 24.1 Å². The molecule has 0 amide bonds. The van der Waals surface area contributed by atoms with Gasteiger partial charge in [0.15, 0.2) is 0 Å². The lowest BCUT2D eigenvalue weighted by atomic mass is 10.2. The smallest absolute Gasteiger partial charge is 0.119 e. The number of ether oxygens (including phenoxy) is 3. The van der Waals surface area contributed by atoms with Gasteiger partial charge in [0, 0.05) is 25.7 Å². The van der Waals surface area contributed by atoms with Crippen LogP contribution in [0.5, 0.6) is 5.75 Å². The second-order valence-corrected chi connectivity index (χ2v) is 4.15. The van der Waals surface area contributed by atoms with E-state index < -0.39 is 0 Å². The number of benzene rings is 1. The van der Waals surface area contributed by atoms with Crippen molar-refractivity contribution < 1.29 is 14.2 Å². The van der Waals surface area contributed by atoms with Gasteiger partial charge in [-0.1, -0.05) is 28.1 Å². The van der Waals surface area contributed by atoms with E-state index in [-0.39, 0.29) is 0 Å². The number of alkyl halides is 1. The first kappa shape index (κ1) is 14.5. The predicted molar refractivity (Wildman–Crippen MR) is 71.9 cm³/mol. The van der Waals surface area contributed by atoms with Crippen LogP contribution in [0.25, 0.3) is 0 Å². The summed E-state index contributed by atoms with van der Waals surface area (Å²) in [5, 5.41) is 0.845. The number of methoxy groups -OCH3 is 1. The van der Waals surface area contributed by atoms with Gasteiger partial charge >= 0.3 is 0 Å². The van der Waals surface area contributed by atoms with Crippen molar-refractivity contribution in [3.05, 3.63) is 29.8 Å². The molecule has 0 aliphatic heterocycles. The topological polar surface area (TPSA) is 27.7 Å². The van der Waals surface area contributed by atoms with Crippen molar-refractivity contribution in [2.24, 2.45) is 0 Å². The average molecular weight is 303 g/mol. The van der Waals surface area contributed by atoms with Crippen LogP contribution in [0.2, 0.25) is 0 Å². The molecule has 0 N–H and O–H groups in total. The van der Waals surface area contributed by atoms with Crippen LogP contribution < -0.4 is 4.74 Å². The fraction of sp³-hybridized carbons (Fsp3) is 0.538. The molecule has 0 unspecified atom stereocenters. The lowest BCUT2D eigenvalue weighted by Crippen LogP contribution is -2.08. The van der Waals surface area contributed by atoms with Gasteiger partial charge in [0.05, 0.1) is 6.61 Å². The first-order valence-corrected chi connectivity index (χ1v) is 6.83. The normalized spacial score (nSPS) is 10.5. The summed E-state index contributed by atoms with van der Waals surface area (Å²) >= 11 is 3.42. The van der Waals surface area contributed by atoms with Gasteiger partial charge in [-0.2, -0.15) is 0 Å². The van der Waals surface area contributed by atoms with E-state index in [0.29, 0.717) is 13.2 Å². The standard InChI is InChI=1S/C13H19BrO3/c1-15-6-3-7-16-8-9-17-13-5-2-4-12(10-13)11-14/h2,4-5,10H,3,6-9,11H2,1H3. The third-order valence-electron chi connectivity index (χ3n) is 2.19. The van der Waals surface area contributed by atoms with Crippen LogP contribution in [0.4, 0.5) is 0 Å². The van der Waals surface area contributed by atoms with Gasteiger partial charge in [-0.15, -0.1) is 0 Å². The Morgan fingerprint density at radius 1 is 1.12 bits per heavy atom. The SMILES string of the molecule is COCCCOCCOc1cccc(CBr)c1. The zero-order valence-corrected chi connectivity index (χ0v) is 11.7. The van der Waals surface area contributed by atoms with Crippen molar-refractivity contribution in [2.45, 2.75) is 11.8 Å². The molecule has 0 saturated carbocycles. The lowest BCUT2D eigenvalue weighted by molar-refractivity contribution is 0.0806. The van der Waals surface area contributed by atoms with Gasteiger partial charge in [-0.3, -0.25) is 0 Å². The molecule has 0 radical (unpaired) electrons. The third kappa shape index (κ3) is 6.66. The molecule has 3 nitrogen and oxygen atoms in total. The highest BCUT2D eigenvalue weighted by Gasteiger charge is 1.96. The van der Waals surface area contributed by atoms with Crippen molar-refractivity contribution in [3.63, 3.8) is 0 Å². The largest absolute Gasteiger partial charge is 0.491 e. The van der Waals surface area contributed by atoms with E-state index in [1.165, 1.54) is 5.56 Å². The Balaban J connectivity index is 2.09. The van der Waals surface area contributed by atoms with Crippen LogP contribution in [0, 0.1) is 0 Å². The van der Waals surface area contributed by atoms with Crippen LogP contribution in [0.1, 0.15) is 12.0 Å². The molecule has 0 atom stereocenters. The zero-order valence-electron chi connectivity index (χ0n) is 10.2. The zero-order chi connectivity index (χ0) is 12.3. The molecule has 0 heterocycles. The fourth-order valence-corrected chi connectivity index (χ4v) is 1.69. The van der Waals surface area contributed by atoms with Crippen molar-refractivity contribution in [1.82, 2.24) is 0 Å². The van der Waals surface area contributed by atoms with Crippen molar-refractivity contribution in [1.29, 1.82) is 0 Å². The molecule has 1 aromatic carbocycles. The number of hydrogen-bond donors (Lipinski definition) is 0. The van der Waals surface area contributed by atoms with Crippen molar-refractivity contribution >= 4 is 15.9 Å². The lowest BCUT2D eigenvalue weighted by Gasteiger charge is -2.07. The van der Waals surface area contributed by atoms with Gasteiger partial charge in [-0.25, -0.2) is 0 Å². The Morgan fingerprint density at radius 3 is 2.76 bits per heavy atom. The highest BCUT2D eigenvalue weighted by atomic mass is 79.9. The fourth-order valence-electron chi connectivity index (χ4n) is 1.34. The maximum absolute atomic E-state index is 5.58. The Labute approximate surface area is 111 Å². The van der Waals surface area contributed by atoms with Gasteiger partial charge in [0.25, 0.3) is 0 Å². The minimum Gasteiger partial charge on any atom is -0.491 e.